The third-order valence-corrected chi connectivity index (χ3v) is 30.2. The van der Waals surface area contributed by atoms with Gasteiger partial charge in [0.2, 0.25) is 0 Å². The van der Waals surface area contributed by atoms with Crippen LogP contribution in [-0.2, 0) is 46.7 Å². The number of aliphatic hydroxyl groups excluding tert-OH is 1. The van der Waals surface area contributed by atoms with Gasteiger partial charge in [0, 0.05) is 37.4 Å². The summed E-state index contributed by atoms with van der Waals surface area (Å²) >= 11 is 1.35. The number of hydrogen-bond donors (Lipinski definition) is 2. The number of nitrogens with zero attached hydrogens (tertiary/aromatic N) is 4. The van der Waals surface area contributed by atoms with Crippen molar-refractivity contribution < 1.29 is 66.5 Å². The largest absolute Gasteiger partial charge is 0.508 e. The van der Waals surface area contributed by atoms with Crippen LogP contribution in [0.15, 0.2) is 170 Å². The summed E-state index contributed by atoms with van der Waals surface area (Å²) in [5.74, 6) is 0.00271. The number of carbonyl (C=O) groups is 2. The molecule has 8 rings (SSSR count). The second kappa shape index (κ2) is 37.0. The zero-order valence-corrected chi connectivity index (χ0v) is 65.2. The SMILES string of the molecule is C=C[C@H](C)[C@@H](O)[C@]1(C[C@@H](C)CO[Si](c2ccccc2)(c2ccccc2)C(C)(C)C)CO1.C=C[C@H](C)[C@@H](OC1O[C@H](C)C[C@H](N(C)C)[C@H]1OC(=O)OC)[C@](C)(O)C[C@@H](C)CO[Si](c1ccccc1)(c1ccccc1)C(C)(C)C.COC(=O)O[C@H]1C(Sc2ncccn2)O[C@H](C)C[C@@H]1N(C)C. The van der Waals surface area contributed by atoms with Crippen molar-refractivity contribution in [2.45, 2.75) is 203 Å². The van der Waals surface area contributed by atoms with E-state index in [9.17, 15) is 19.8 Å². The Labute approximate surface area is 598 Å². The predicted molar refractivity (Wildman–Crippen MR) is 399 cm³/mol. The van der Waals surface area contributed by atoms with Crippen LogP contribution in [0.1, 0.15) is 116 Å². The Kier molecular flexibility index (Phi) is 30.8. The van der Waals surface area contributed by atoms with Crippen molar-refractivity contribution >= 4 is 61.5 Å². The minimum Gasteiger partial charge on any atom is -0.438 e. The van der Waals surface area contributed by atoms with E-state index in [-0.39, 0.29) is 58.0 Å². The first kappa shape index (κ1) is 82.3. The molecule has 4 heterocycles. The van der Waals surface area contributed by atoms with Gasteiger partial charge in [0.05, 0.1) is 62.9 Å². The van der Waals surface area contributed by atoms with Crippen molar-refractivity contribution in [2.75, 3.05) is 62.2 Å². The quantitative estimate of drug-likeness (QED) is 0.0157. The molecule has 18 nitrogen and oxygen atoms in total. The van der Waals surface area contributed by atoms with Crippen LogP contribution in [0.5, 0.6) is 0 Å². The molecule has 546 valence electrons. The van der Waals surface area contributed by atoms with Gasteiger partial charge in [-0.15, -0.1) is 13.2 Å². The molecule has 3 aliphatic rings. The summed E-state index contributed by atoms with van der Waals surface area (Å²) in [4.78, 5) is 36.2. The van der Waals surface area contributed by atoms with Crippen LogP contribution in [0.4, 0.5) is 9.59 Å². The lowest BCUT2D eigenvalue weighted by Crippen LogP contribution is -2.67. The monoisotopic (exact) mass is 1420 g/mol. The Balaban J connectivity index is 0.000000251. The third kappa shape index (κ3) is 21.5. The van der Waals surface area contributed by atoms with Crippen LogP contribution in [0.3, 0.4) is 0 Å². The van der Waals surface area contributed by atoms with Crippen LogP contribution < -0.4 is 20.7 Å². The lowest BCUT2D eigenvalue weighted by molar-refractivity contribution is -0.293. The Morgan fingerprint density at radius 2 is 1.03 bits per heavy atom. The minimum absolute atomic E-state index is 0.00676. The molecule has 4 aromatic carbocycles. The average molecular weight is 1420 g/mol. The third-order valence-electron chi connectivity index (χ3n) is 19.2. The minimum atomic E-state index is -2.75. The zero-order valence-electron chi connectivity index (χ0n) is 62.4. The number of likely N-dealkylation sites (N-methyl/N-ethyl adjacent to an activating group) is 2. The molecule has 0 radical (unpaired) electrons. The number of carbonyl (C=O) groups excluding carboxylic acids is 2. The predicted octanol–water partition coefficient (Wildman–Crippen LogP) is 12.1. The topological polar surface area (TPSA) is 202 Å². The van der Waals surface area contributed by atoms with Gasteiger partial charge >= 0.3 is 12.3 Å². The number of hydrogen-bond acceptors (Lipinski definition) is 19. The molecule has 0 bridgehead atoms. The first-order chi connectivity index (χ1) is 46.7. The molecule has 3 saturated heterocycles. The number of ether oxygens (including phenoxy) is 8. The molecule has 16 atom stereocenters. The summed E-state index contributed by atoms with van der Waals surface area (Å²) in [5, 5.41) is 28.3. The van der Waals surface area contributed by atoms with E-state index in [1.165, 1.54) is 46.7 Å². The number of methoxy groups -OCH3 is 2. The normalized spacial score (nSPS) is 24.3. The fourth-order valence-corrected chi connectivity index (χ4v) is 24.5. The van der Waals surface area contributed by atoms with Crippen molar-refractivity contribution in [3.05, 3.63) is 165 Å². The van der Waals surface area contributed by atoms with E-state index in [1.807, 2.05) is 77.8 Å². The zero-order chi connectivity index (χ0) is 73.1. The van der Waals surface area contributed by atoms with Gasteiger partial charge in [0.1, 0.15) is 11.0 Å². The fourth-order valence-electron chi connectivity index (χ4n) is 14.1. The Morgan fingerprint density at radius 3 is 1.41 bits per heavy atom. The van der Waals surface area contributed by atoms with Crippen molar-refractivity contribution in [2.24, 2.45) is 23.7 Å². The lowest BCUT2D eigenvalue weighted by atomic mass is 9.82. The summed E-state index contributed by atoms with van der Waals surface area (Å²) < 4.78 is 59.4. The first-order valence-corrected chi connectivity index (χ1v) is 39.5. The Morgan fingerprint density at radius 1 is 0.636 bits per heavy atom. The first-order valence-electron chi connectivity index (χ1n) is 34.8. The van der Waals surface area contributed by atoms with Crippen molar-refractivity contribution in [1.82, 2.24) is 19.8 Å². The van der Waals surface area contributed by atoms with E-state index in [2.05, 4.69) is 192 Å². The van der Waals surface area contributed by atoms with Crippen molar-refractivity contribution in [3.8, 4) is 0 Å². The highest BCUT2D eigenvalue weighted by Crippen LogP contribution is 2.44. The Bertz CT molecular complexity index is 3140. The van der Waals surface area contributed by atoms with E-state index < -0.39 is 76.3 Å². The molecule has 0 saturated carbocycles. The van der Waals surface area contributed by atoms with E-state index in [0.717, 1.165) is 12.8 Å². The molecule has 0 spiro atoms. The maximum Gasteiger partial charge on any atom is 0.508 e. The molecule has 0 aliphatic carbocycles. The Hall–Kier alpha value is -5.64. The van der Waals surface area contributed by atoms with Gasteiger partial charge in [-0.3, -0.25) is 0 Å². The summed E-state index contributed by atoms with van der Waals surface area (Å²) in [6.07, 6.45) is 4.49. The molecule has 1 aromatic heterocycles. The molecule has 3 fully saturated rings. The standard InChI is InChI=1S/C37H57NO7Si.C27H38O3Si.C14H21N3O4S/c1-12-27(3)33(45-34-32(44-35(39)41-11)31(38(9)10)23-28(4)43-34)37(8,40)24-26(2)25-42-46(36(5,6)7,29-19-15-13-16-20-29)30-21-17-14-18-22-30;1-7-22(3)25(28)27(20-29-27)18-21(2)19-30-31(26(4,5)6,23-14-10-8-11-15-23)24-16-12-9-13-17-24;1-9-8-10(17(2)3)11(21-14(18)19-4)12(20-9)22-13-15-6-5-7-16-13/h12-22,26-28,31-34,40H,1,23-25H2,2-11H3;7-17,21-22,25,28H,1,18-20H2,2-6H3;5-7,9-12H,8H2,1-4H3/t26-,27+,28-,31+,32-,33-,34?,37-;21-,22+,25-,27+;9-,10+,11-,12?/m111/s1. The molecule has 3 aliphatic heterocycles. The number of thioether (sulfide) groups is 1. The lowest BCUT2D eigenvalue weighted by Gasteiger charge is -2.46. The molecule has 2 N–H and O–H groups in total. The van der Waals surface area contributed by atoms with Crippen molar-refractivity contribution in [1.29, 1.82) is 0 Å². The molecule has 5 aromatic rings. The molecular formula is C78H116N4O14SSi2. The number of aliphatic hydroxyl groups is 2. The van der Waals surface area contributed by atoms with E-state index >= 15 is 0 Å². The fraction of sp³-hybridized carbons (Fsp3) is 0.564. The van der Waals surface area contributed by atoms with Gasteiger partial charge in [0.25, 0.3) is 16.6 Å². The van der Waals surface area contributed by atoms with Gasteiger partial charge in [-0.2, -0.15) is 0 Å². The number of rotatable bonds is 28. The van der Waals surface area contributed by atoms with Crippen LogP contribution in [-0.4, -0.2) is 193 Å². The molecular weight excluding hydrogens is 1310 g/mol. The smallest absolute Gasteiger partial charge is 0.438 e. The van der Waals surface area contributed by atoms with Crippen LogP contribution in [0.25, 0.3) is 0 Å². The molecule has 99 heavy (non-hydrogen) atoms. The highest BCUT2D eigenvalue weighted by molar-refractivity contribution is 7.99. The molecule has 0 amide bonds. The van der Waals surface area contributed by atoms with E-state index in [0.29, 0.717) is 37.8 Å². The van der Waals surface area contributed by atoms with Gasteiger partial charge in [-0.25, -0.2) is 19.6 Å². The summed E-state index contributed by atoms with van der Waals surface area (Å²) in [7, 11) is 5.05. The van der Waals surface area contributed by atoms with Crippen molar-refractivity contribution in [3.63, 3.8) is 0 Å². The summed E-state index contributed by atoms with van der Waals surface area (Å²) in [6, 6.07) is 44.2. The van der Waals surface area contributed by atoms with E-state index in [4.69, 9.17) is 42.0 Å². The second-order valence-electron chi connectivity index (χ2n) is 29.9. The van der Waals surface area contributed by atoms with Crippen LogP contribution in [0, 0.1) is 23.7 Å². The average Bonchev–Trinajstić information content (AvgIpc) is 1.74. The van der Waals surface area contributed by atoms with Gasteiger partial charge < -0.3 is 66.8 Å². The van der Waals surface area contributed by atoms with Gasteiger partial charge in [-0.05, 0) is 123 Å². The molecule has 21 heteroatoms. The maximum absolute atomic E-state index is 12.3. The second-order valence-corrected chi connectivity index (χ2v) is 39.5. The van der Waals surface area contributed by atoms with E-state index in [1.54, 1.807) is 37.5 Å². The summed E-state index contributed by atoms with van der Waals surface area (Å²) in [5.41, 5.74) is -2.14. The number of aromatic nitrogens is 2. The van der Waals surface area contributed by atoms with Crippen LogP contribution in [0.2, 0.25) is 10.1 Å². The summed E-state index contributed by atoms with van der Waals surface area (Å²) in [6.45, 7) is 37.2. The maximum atomic E-state index is 12.3. The number of epoxide rings is 1. The molecule has 2 unspecified atom stereocenters. The number of benzene rings is 4. The highest BCUT2D eigenvalue weighted by atomic mass is 32.2. The van der Waals surface area contributed by atoms with Gasteiger partial charge in [-0.1, -0.05) is 214 Å². The van der Waals surface area contributed by atoms with Gasteiger partial charge in [0.15, 0.2) is 23.7 Å². The highest BCUT2D eigenvalue weighted by Gasteiger charge is 2.56. The van der Waals surface area contributed by atoms with Crippen LogP contribution >= 0.6 is 11.8 Å².